The monoisotopic (exact) mass is 285 g/mol. The van der Waals surface area contributed by atoms with Gasteiger partial charge in [0.25, 0.3) is 0 Å². The summed E-state index contributed by atoms with van der Waals surface area (Å²) in [7, 11) is 0. The normalized spacial score (nSPS) is 11.9. The van der Waals surface area contributed by atoms with Crippen LogP contribution < -0.4 is 5.73 Å². The lowest BCUT2D eigenvalue weighted by Crippen LogP contribution is -2.14. The van der Waals surface area contributed by atoms with Gasteiger partial charge in [0.15, 0.2) is 16.6 Å². The highest BCUT2D eigenvalue weighted by atomic mass is 32.2. The van der Waals surface area contributed by atoms with Crippen molar-refractivity contribution in [2.24, 2.45) is 10.9 Å². The number of rotatable bonds is 3. The predicted molar refractivity (Wildman–Crippen MR) is 76.1 cm³/mol. The summed E-state index contributed by atoms with van der Waals surface area (Å²) < 4.78 is 1.88. The number of oxime groups is 1. The van der Waals surface area contributed by atoms with E-state index in [0.717, 1.165) is 15.7 Å². The van der Waals surface area contributed by atoms with Crippen molar-refractivity contribution in [1.29, 1.82) is 0 Å². The summed E-state index contributed by atoms with van der Waals surface area (Å²) in [6.07, 6.45) is 1.89. The molecule has 6 nitrogen and oxygen atoms in total. The van der Waals surface area contributed by atoms with Crippen molar-refractivity contribution in [2.45, 2.75) is 10.1 Å². The Morgan fingerprint density at radius 3 is 2.80 bits per heavy atom. The van der Waals surface area contributed by atoms with E-state index in [2.05, 4.69) is 15.4 Å². The summed E-state index contributed by atoms with van der Waals surface area (Å²) in [5, 5.41) is 20.8. The van der Waals surface area contributed by atoms with E-state index in [1.807, 2.05) is 47.0 Å². The Kier molecular flexibility index (Phi) is 3.26. The zero-order chi connectivity index (χ0) is 13.9. The maximum absolute atomic E-state index is 8.83. The second-order valence-electron chi connectivity index (χ2n) is 3.99. The average Bonchev–Trinajstić information content (AvgIpc) is 2.90. The Bertz CT molecular complexity index is 783. The van der Waals surface area contributed by atoms with Crippen molar-refractivity contribution >= 4 is 23.2 Å². The Morgan fingerprint density at radius 2 is 1.95 bits per heavy atom. The molecule has 3 rings (SSSR count). The molecule has 0 aliphatic carbocycles. The lowest BCUT2D eigenvalue weighted by molar-refractivity contribution is 0.318. The van der Waals surface area contributed by atoms with Crippen LogP contribution >= 0.6 is 11.8 Å². The first kappa shape index (κ1) is 12.5. The van der Waals surface area contributed by atoms with Crippen LogP contribution in [-0.4, -0.2) is 25.6 Å². The summed E-state index contributed by atoms with van der Waals surface area (Å²) in [5.74, 6) is 0.0712. The van der Waals surface area contributed by atoms with Gasteiger partial charge in [0, 0.05) is 16.7 Å². The maximum atomic E-state index is 8.83. The third-order valence-electron chi connectivity index (χ3n) is 2.75. The lowest BCUT2D eigenvalue weighted by atomic mass is 10.2. The fourth-order valence-corrected chi connectivity index (χ4v) is 2.77. The van der Waals surface area contributed by atoms with E-state index in [1.54, 1.807) is 6.07 Å². The van der Waals surface area contributed by atoms with Gasteiger partial charge in [-0.25, -0.2) is 0 Å². The Morgan fingerprint density at radius 1 is 1.15 bits per heavy atom. The first-order chi connectivity index (χ1) is 9.79. The largest absolute Gasteiger partial charge is 0.409 e. The third-order valence-corrected chi connectivity index (χ3v) is 3.79. The number of benzene rings is 1. The van der Waals surface area contributed by atoms with Crippen LogP contribution in [-0.2, 0) is 0 Å². The van der Waals surface area contributed by atoms with E-state index in [9.17, 15) is 0 Å². The van der Waals surface area contributed by atoms with Crippen molar-refractivity contribution in [2.75, 3.05) is 0 Å². The van der Waals surface area contributed by atoms with Gasteiger partial charge < -0.3 is 10.9 Å². The molecule has 0 spiro atoms. The summed E-state index contributed by atoms with van der Waals surface area (Å²) in [4.78, 5) is 0.848. The van der Waals surface area contributed by atoms with Gasteiger partial charge >= 0.3 is 0 Å². The number of fused-ring (bicyclic) bond motifs is 1. The molecule has 0 saturated carbocycles. The fourth-order valence-electron chi connectivity index (χ4n) is 1.81. The van der Waals surface area contributed by atoms with Crippen LogP contribution in [0.25, 0.3) is 5.65 Å². The second kappa shape index (κ2) is 5.22. The molecular formula is C13H11N5OS. The van der Waals surface area contributed by atoms with Crippen molar-refractivity contribution in [3.63, 3.8) is 0 Å². The van der Waals surface area contributed by atoms with E-state index < -0.39 is 0 Å². The van der Waals surface area contributed by atoms with Crippen LogP contribution in [0.2, 0.25) is 0 Å². The fraction of sp³-hybridized carbons (Fsp3) is 0. The highest BCUT2D eigenvalue weighted by Gasteiger charge is 2.11. The molecule has 0 fully saturated rings. The van der Waals surface area contributed by atoms with Gasteiger partial charge in [-0.2, -0.15) is 0 Å². The minimum Gasteiger partial charge on any atom is -0.409 e. The van der Waals surface area contributed by atoms with Gasteiger partial charge in [0.05, 0.1) is 0 Å². The topological polar surface area (TPSA) is 88.8 Å². The van der Waals surface area contributed by atoms with Crippen molar-refractivity contribution < 1.29 is 5.21 Å². The van der Waals surface area contributed by atoms with Gasteiger partial charge in [-0.15, -0.1) is 10.2 Å². The summed E-state index contributed by atoms with van der Waals surface area (Å²) in [6, 6.07) is 13.1. The van der Waals surface area contributed by atoms with Crippen LogP contribution in [0, 0.1) is 0 Å². The molecule has 0 aliphatic rings. The molecule has 3 aromatic rings. The minimum atomic E-state index is 0.0712. The molecule has 1 aromatic carbocycles. The van der Waals surface area contributed by atoms with Gasteiger partial charge in [-0.3, -0.25) is 4.40 Å². The smallest absolute Gasteiger partial charge is 0.200 e. The maximum Gasteiger partial charge on any atom is 0.200 e. The Hall–Kier alpha value is -2.54. The van der Waals surface area contributed by atoms with Crippen molar-refractivity contribution in [1.82, 2.24) is 14.6 Å². The molecule has 0 unspecified atom stereocenters. The van der Waals surface area contributed by atoms with E-state index in [4.69, 9.17) is 10.9 Å². The van der Waals surface area contributed by atoms with Crippen LogP contribution in [0.4, 0.5) is 0 Å². The zero-order valence-corrected chi connectivity index (χ0v) is 11.2. The van der Waals surface area contributed by atoms with Crippen molar-refractivity contribution in [3.05, 3.63) is 54.2 Å². The van der Waals surface area contributed by atoms with Gasteiger partial charge in [0.1, 0.15) is 0 Å². The van der Waals surface area contributed by atoms with Crippen LogP contribution in [0.3, 0.4) is 0 Å². The molecule has 0 atom stereocenters. The van der Waals surface area contributed by atoms with Gasteiger partial charge in [-0.1, -0.05) is 29.4 Å². The molecular weight excluding hydrogens is 274 g/mol. The molecule has 2 aromatic heterocycles. The first-order valence-corrected chi connectivity index (χ1v) is 6.66. The van der Waals surface area contributed by atoms with E-state index in [0.29, 0.717) is 5.56 Å². The quantitative estimate of drug-likeness (QED) is 0.332. The summed E-state index contributed by atoms with van der Waals surface area (Å²) in [5.41, 5.74) is 7.11. The molecule has 0 bridgehead atoms. The lowest BCUT2D eigenvalue weighted by Gasteiger charge is -2.06. The highest BCUT2D eigenvalue weighted by Crippen LogP contribution is 2.29. The zero-order valence-electron chi connectivity index (χ0n) is 10.3. The molecule has 0 aliphatic heterocycles. The number of nitrogens with two attached hydrogens (primary N) is 1. The number of amidine groups is 1. The first-order valence-electron chi connectivity index (χ1n) is 5.84. The molecule has 0 amide bonds. The van der Waals surface area contributed by atoms with Gasteiger partial charge in [-0.05, 0) is 30.0 Å². The van der Waals surface area contributed by atoms with Crippen molar-refractivity contribution in [3.8, 4) is 0 Å². The highest BCUT2D eigenvalue weighted by molar-refractivity contribution is 7.99. The number of hydrogen-bond donors (Lipinski definition) is 2. The molecule has 2 heterocycles. The molecule has 100 valence electrons. The van der Waals surface area contributed by atoms with E-state index >= 15 is 0 Å². The summed E-state index contributed by atoms with van der Waals surface area (Å²) >= 11 is 1.41. The Labute approximate surface area is 118 Å². The molecule has 20 heavy (non-hydrogen) atoms. The number of hydrogen-bond acceptors (Lipinski definition) is 5. The van der Waals surface area contributed by atoms with E-state index in [1.165, 1.54) is 11.8 Å². The number of pyridine rings is 1. The van der Waals surface area contributed by atoms with E-state index in [-0.39, 0.29) is 5.84 Å². The predicted octanol–water partition coefficient (Wildman–Crippen LogP) is 1.97. The number of aromatic nitrogens is 3. The SMILES string of the molecule is NC(=NO)c1ccccc1Sc1nnc2ccccn12. The van der Waals surface area contributed by atoms with Gasteiger partial charge in [0.2, 0.25) is 0 Å². The second-order valence-corrected chi connectivity index (χ2v) is 5.00. The third kappa shape index (κ3) is 2.19. The summed E-state index contributed by atoms with van der Waals surface area (Å²) in [6.45, 7) is 0. The molecule has 0 saturated heterocycles. The molecule has 7 heteroatoms. The molecule has 0 radical (unpaired) electrons. The van der Waals surface area contributed by atoms with Crippen LogP contribution in [0.15, 0.2) is 63.9 Å². The minimum absolute atomic E-state index is 0.0712. The van der Waals surface area contributed by atoms with Crippen LogP contribution in [0.5, 0.6) is 0 Å². The number of nitrogens with zero attached hydrogens (tertiary/aromatic N) is 4. The molecule has 3 N–H and O–H groups in total. The average molecular weight is 285 g/mol. The Balaban J connectivity index is 2.04. The van der Waals surface area contributed by atoms with Crippen LogP contribution in [0.1, 0.15) is 5.56 Å². The standard InChI is InChI=1S/C13H11N5OS/c14-12(17-19)9-5-1-2-6-10(9)20-13-16-15-11-7-3-4-8-18(11)13/h1-8,19H,(H2,14,17).